The van der Waals surface area contributed by atoms with Gasteiger partial charge >= 0.3 is 0 Å². The molecule has 2 atom stereocenters. The summed E-state index contributed by atoms with van der Waals surface area (Å²) in [5.41, 5.74) is 4.61. The van der Waals surface area contributed by atoms with Gasteiger partial charge in [-0.1, -0.05) is 44.2 Å². The Hall–Kier alpha value is -2.68. The lowest BCUT2D eigenvalue weighted by atomic mass is 9.98. The Morgan fingerprint density at radius 1 is 1.15 bits per heavy atom. The fourth-order valence-electron chi connectivity index (χ4n) is 3.62. The Balaban J connectivity index is 1.48. The highest BCUT2D eigenvalue weighted by molar-refractivity contribution is 5.97. The van der Waals surface area contributed by atoms with E-state index in [0.29, 0.717) is 11.8 Å². The number of rotatable bonds is 4. The molecule has 1 aliphatic rings. The van der Waals surface area contributed by atoms with Gasteiger partial charge in [-0.25, -0.2) is 0 Å². The van der Waals surface area contributed by atoms with Gasteiger partial charge in [0.25, 0.3) is 0 Å². The molecule has 4 rings (SSSR count). The highest BCUT2D eigenvalue weighted by Crippen LogP contribution is 2.48. The third-order valence-electron chi connectivity index (χ3n) is 5.36. The molecule has 2 aromatic carbocycles. The molecule has 3 nitrogen and oxygen atoms in total. The molecule has 0 radical (unpaired) electrons. The van der Waals surface area contributed by atoms with Crippen LogP contribution in [0.4, 0.5) is 5.69 Å². The number of amides is 1. The molecule has 1 fully saturated rings. The Labute approximate surface area is 154 Å². The summed E-state index contributed by atoms with van der Waals surface area (Å²) in [5.74, 6) is 1.05. The predicted octanol–water partition coefficient (Wildman–Crippen LogP) is 5.41. The Morgan fingerprint density at radius 2 is 2.00 bits per heavy atom. The first-order valence-electron chi connectivity index (χ1n) is 9.28. The number of hydrogen-bond donors (Lipinski definition) is 1. The van der Waals surface area contributed by atoms with Crippen LogP contribution in [0.25, 0.3) is 10.8 Å². The molecule has 1 N–H and O–H groups in total. The van der Waals surface area contributed by atoms with Gasteiger partial charge in [-0.15, -0.1) is 0 Å². The van der Waals surface area contributed by atoms with Crippen LogP contribution in [0.1, 0.15) is 48.8 Å². The number of carbonyl (C=O) groups is 1. The number of benzene rings is 2. The third-order valence-corrected chi connectivity index (χ3v) is 5.36. The van der Waals surface area contributed by atoms with Crippen LogP contribution < -0.4 is 5.32 Å². The molecule has 0 aliphatic heterocycles. The van der Waals surface area contributed by atoms with Crippen molar-refractivity contribution in [1.82, 2.24) is 4.98 Å². The molecule has 26 heavy (non-hydrogen) atoms. The molecule has 0 spiro atoms. The van der Waals surface area contributed by atoms with E-state index >= 15 is 0 Å². The van der Waals surface area contributed by atoms with Crippen LogP contribution in [-0.2, 0) is 4.79 Å². The van der Waals surface area contributed by atoms with Crippen LogP contribution in [0.3, 0.4) is 0 Å². The average Bonchev–Trinajstić information content (AvgIpc) is 3.43. The SMILES string of the molecule is Cc1cncc2ccc(NC(=O)C3CC3c3cccc(C(C)C)c3)cc12. The minimum absolute atomic E-state index is 0.0756. The van der Waals surface area contributed by atoms with E-state index in [4.69, 9.17) is 0 Å². The van der Waals surface area contributed by atoms with Gasteiger partial charge in [-0.2, -0.15) is 0 Å². The monoisotopic (exact) mass is 344 g/mol. The fourth-order valence-corrected chi connectivity index (χ4v) is 3.62. The molecule has 1 aliphatic carbocycles. The molecule has 0 saturated heterocycles. The second-order valence-electron chi connectivity index (χ2n) is 7.66. The maximum Gasteiger partial charge on any atom is 0.228 e. The van der Waals surface area contributed by atoms with Crippen molar-refractivity contribution in [3.8, 4) is 0 Å². The largest absolute Gasteiger partial charge is 0.326 e. The van der Waals surface area contributed by atoms with Gasteiger partial charge in [0.2, 0.25) is 5.91 Å². The smallest absolute Gasteiger partial charge is 0.228 e. The van der Waals surface area contributed by atoms with Crippen molar-refractivity contribution in [1.29, 1.82) is 0 Å². The minimum atomic E-state index is 0.0756. The van der Waals surface area contributed by atoms with Crippen molar-refractivity contribution in [2.24, 2.45) is 5.92 Å². The van der Waals surface area contributed by atoms with Crippen molar-refractivity contribution in [3.63, 3.8) is 0 Å². The Kier molecular flexibility index (Phi) is 4.23. The summed E-state index contributed by atoms with van der Waals surface area (Å²) in [6, 6.07) is 14.7. The number of nitrogens with zero attached hydrogens (tertiary/aromatic N) is 1. The minimum Gasteiger partial charge on any atom is -0.326 e. The maximum atomic E-state index is 12.7. The number of pyridine rings is 1. The van der Waals surface area contributed by atoms with Crippen LogP contribution in [0.15, 0.2) is 54.9 Å². The number of aromatic nitrogens is 1. The highest BCUT2D eigenvalue weighted by Gasteiger charge is 2.44. The normalized spacial score (nSPS) is 18.9. The van der Waals surface area contributed by atoms with Crippen LogP contribution in [0, 0.1) is 12.8 Å². The first kappa shape index (κ1) is 16.8. The van der Waals surface area contributed by atoms with Crippen LogP contribution >= 0.6 is 0 Å². The van der Waals surface area contributed by atoms with E-state index < -0.39 is 0 Å². The quantitative estimate of drug-likeness (QED) is 0.687. The van der Waals surface area contributed by atoms with E-state index in [0.717, 1.165) is 28.4 Å². The average molecular weight is 344 g/mol. The molecule has 3 aromatic rings. The van der Waals surface area contributed by atoms with Crippen LogP contribution in [0.2, 0.25) is 0 Å². The van der Waals surface area contributed by atoms with E-state index in [-0.39, 0.29) is 11.8 Å². The molecule has 2 unspecified atom stereocenters. The van der Waals surface area contributed by atoms with Gasteiger partial charge < -0.3 is 5.32 Å². The van der Waals surface area contributed by atoms with Crippen LogP contribution in [0.5, 0.6) is 0 Å². The molecule has 0 bridgehead atoms. The van der Waals surface area contributed by atoms with Crippen molar-refractivity contribution >= 4 is 22.4 Å². The molecule has 1 amide bonds. The lowest BCUT2D eigenvalue weighted by Gasteiger charge is -2.09. The molecule has 1 saturated carbocycles. The van der Waals surface area contributed by atoms with Crippen LogP contribution in [-0.4, -0.2) is 10.9 Å². The van der Waals surface area contributed by atoms with E-state index in [9.17, 15) is 4.79 Å². The molecular formula is C23H24N2O. The summed E-state index contributed by atoms with van der Waals surface area (Å²) in [6.07, 6.45) is 4.64. The summed E-state index contributed by atoms with van der Waals surface area (Å²) >= 11 is 0. The molecular weight excluding hydrogens is 320 g/mol. The highest BCUT2D eigenvalue weighted by atomic mass is 16.2. The molecule has 1 aromatic heterocycles. The standard InChI is InChI=1S/C23H24N2O/c1-14(2)16-5-4-6-17(9-16)21-11-22(21)23(26)25-19-8-7-18-13-24-12-15(3)20(18)10-19/h4-10,12-14,21-22H,11H2,1-3H3,(H,25,26). The van der Waals surface area contributed by atoms with Gasteiger partial charge in [0, 0.05) is 29.4 Å². The number of fused-ring (bicyclic) bond motifs is 1. The van der Waals surface area contributed by atoms with E-state index in [2.05, 4.69) is 48.4 Å². The zero-order valence-corrected chi connectivity index (χ0v) is 15.5. The van der Waals surface area contributed by atoms with E-state index in [1.165, 1.54) is 11.1 Å². The number of carbonyl (C=O) groups excluding carboxylic acids is 1. The van der Waals surface area contributed by atoms with Crippen molar-refractivity contribution < 1.29 is 4.79 Å². The summed E-state index contributed by atoms with van der Waals surface area (Å²) in [6.45, 7) is 6.44. The Bertz CT molecular complexity index is 977. The summed E-state index contributed by atoms with van der Waals surface area (Å²) in [7, 11) is 0. The number of anilines is 1. The molecule has 1 heterocycles. The Morgan fingerprint density at radius 3 is 2.81 bits per heavy atom. The van der Waals surface area contributed by atoms with Crippen molar-refractivity contribution in [2.75, 3.05) is 5.32 Å². The zero-order valence-electron chi connectivity index (χ0n) is 15.5. The maximum absolute atomic E-state index is 12.7. The van der Waals surface area contributed by atoms with Gasteiger partial charge in [0.1, 0.15) is 0 Å². The number of hydrogen-bond acceptors (Lipinski definition) is 2. The lowest BCUT2D eigenvalue weighted by molar-refractivity contribution is -0.117. The van der Waals surface area contributed by atoms with Gasteiger partial charge in [-0.3, -0.25) is 9.78 Å². The number of aryl methyl sites for hydroxylation is 1. The van der Waals surface area contributed by atoms with E-state index in [1.54, 1.807) is 0 Å². The first-order chi connectivity index (χ1) is 12.5. The predicted molar refractivity (Wildman–Crippen MR) is 106 cm³/mol. The topological polar surface area (TPSA) is 42.0 Å². The zero-order chi connectivity index (χ0) is 18.3. The summed E-state index contributed by atoms with van der Waals surface area (Å²) in [4.78, 5) is 16.9. The molecule has 3 heteroatoms. The summed E-state index contributed by atoms with van der Waals surface area (Å²) < 4.78 is 0. The van der Waals surface area contributed by atoms with Gasteiger partial charge in [-0.05, 0) is 59.4 Å². The molecule has 132 valence electrons. The van der Waals surface area contributed by atoms with Crippen molar-refractivity contribution in [3.05, 3.63) is 71.5 Å². The first-order valence-corrected chi connectivity index (χ1v) is 9.28. The fraction of sp³-hybridized carbons (Fsp3) is 0.304. The van der Waals surface area contributed by atoms with Gasteiger partial charge in [0.15, 0.2) is 0 Å². The second kappa shape index (κ2) is 6.56. The third kappa shape index (κ3) is 3.22. The van der Waals surface area contributed by atoms with Crippen molar-refractivity contribution in [2.45, 2.75) is 39.0 Å². The lowest BCUT2D eigenvalue weighted by Crippen LogP contribution is -2.14. The summed E-state index contributed by atoms with van der Waals surface area (Å²) in [5, 5.41) is 5.33. The van der Waals surface area contributed by atoms with E-state index in [1.807, 2.05) is 37.5 Å². The van der Waals surface area contributed by atoms with Gasteiger partial charge in [0.05, 0.1) is 0 Å². The second-order valence-corrected chi connectivity index (χ2v) is 7.66. The number of nitrogens with one attached hydrogen (secondary N) is 1.